The molecule has 4 rings (SSSR count). The lowest BCUT2D eigenvalue weighted by Gasteiger charge is -2.16. The van der Waals surface area contributed by atoms with Gasteiger partial charge in [0, 0.05) is 42.0 Å². The van der Waals surface area contributed by atoms with Gasteiger partial charge in [0.25, 0.3) is 5.91 Å². The second-order valence-corrected chi connectivity index (χ2v) is 6.91. The number of aromatic amines is 1. The van der Waals surface area contributed by atoms with Crippen LogP contribution in [0.3, 0.4) is 0 Å². The van der Waals surface area contributed by atoms with Gasteiger partial charge in [0.1, 0.15) is 5.82 Å². The molecule has 3 aromatic rings. The zero-order valence-electron chi connectivity index (χ0n) is 15.6. The van der Waals surface area contributed by atoms with Crippen molar-refractivity contribution in [1.82, 2.24) is 15.2 Å². The molecule has 1 heterocycles. The molecule has 0 aliphatic heterocycles. The van der Waals surface area contributed by atoms with E-state index in [4.69, 9.17) is 0 Å². The Kier molecular flexibility index (Phi) is 4.62. The van der Waals surface area contributed by atoms with E-state index in [0.717, 1.165) is 29.3 Å². The molecule has 0 radical (unpaired) electrons. The molecule has 0 spiro atoms. The monoisotopic (exact) mass is 361 g/mol. The van der Waals surface area contributed by atoms with E-state index in [1.54, 1.807) is 0 Å². The van der Waals surface area contributed by atoms with Gasteiger partial charge in [-0.1, -0.05) is 0 Å². The Labute approximate surface area is 158 Å². The summed E-state index contributed by atoms with van der Waals surface area (Å²) in [6.45, 7) is 3.01. The van der Waals surface area contributed by atoms with Crippen molar-refractivity contribution in [2.75, 3.05) is 23.8 Å². The highest BCUT2D eigenvalue weighted by atomic mass is 16.1. The van der Waals surface area contributed by atoms with Crippen LogP contribution < -0.4 is 10.2 Å². The van der Waals surface area contributed by atoms with Crippen LogP contribution in [-0.2, 0) is 0 Å². The molecule has 0 atom stereocenters. The van der Waals surface area contributed by atoms with Crippen molar-refractivity contribution in [2.45, 2.75) is 25.7 Å². The second-order valence-electron chi connectivity index (χ2n) is 6.91. The lowest BCUT2D eigenvalue weighted by Crippen LogP contribution is -2.16. The van der Waals surface area contributed by atoms with Crippen LogP contribution in [0.2, 0.25) is 0 Å². The molecular weight excluding hydrogens is 338 g/mol. The molecule has 0 bridgehead atoms. The molecule has 6 nitrogen and oxygen atoms in total. The molecule has 2 N–H and O–H groups in total. The molecule has 1 aliphatic carbocycles. The maximum atomic E-state index is 12.5. The van der Waals surface area contributed by atoms with Crippen LogP contribution in [0.15, 0.2) is 48.5 Å². The Morgan fingerprint density at radius 3 is 2.48 bits per heavy atom. The predicted octanol–water partition coefficient (Wildman–Crippen LogP) is 4.06. The molecule has 0 saturated heterocycles. The number of H-pyrrole nitrogens is 1. The zero-order chi connectivity index (χ0) is 18.8. The zero-order valence-corrected chi connectivity index (χ0v) is 15.6. The second kappa shape index (κ2) is 7.23. The summed E-state index contributed by atoms with van der Waals surface area (Å²) in [6, 6.07) is 15.2. The highest BCUT2D eigenvalue weighted by molar-refractivity contribution is 6.04. The van der Waals surface area contributed by atoms with Gasteiger partial charge >= 0.3 is 0 Å². The number of nitrogens with zero attached hydrogens (tertiary/aromatic N) is 3. The Morgan fingerprint density at radius 1 is 1.15 bits per heavy atom. The number of hydrogen-bond acceptors (Lipinski definition) is 4. The number of carbonyl (C=O) groups excluding carboxylic acids is 1. The first kappa shape index (κ1) is 17.3. The number of benzene rings is 2. The van der Waals surface area contributed by atoms with Gasteiger partial charge in [-0.25, -0.2) is 4.98 Å². The first-order chi connectivity index (χ1) is 13.1. The summed E-state index contributed by atoms with van der Waals surface area (Å²) in [4.78, 5) is 19.1. The predicted molar refractivity (Wildman–Crippen MR) is 107 cm³/mol. The molecule has 6 heteroatoms. The molecule has 1 saturated carbocycles. The van der Waals surface area contributed by atoms with Crippen LogP contribution in [0.4, 0.5) is 11.4 Å². The maximum Gasteiger partial charge on any atom is 0.255 e. The third kappa shape index (κ3) is 3.84. The minimum Gasteiger partial charge on any atom is -0.375 e. The van der Waals surface area contributed by atoms with Crippen molar-refractivity contribution in [3.63, 3.8) is 0 Å². The quantitative estimate of drug-likeness (QED) is 0.694. The molecule has 27 heavy (non-hydrogen) atoms. The summed E-state index contributed by atoms with van der Waals surface area (Å²) in [6.07, 6.45) is 2.38. The number of rotatable bonds is 6. The standard InChI is InChI=1S/C21H23N5O/c1-3-26(2)18-12-8-16(9-13-18)21(27)22-17-10-6-15(7-11-17)20-23-19(24-25-20)14-4-5-14/h6-14H,3-5H2,1-2H3,(H,22,27)(H,23,24,25). The third-order valence-electron chi connectivity index (χ3n) is 4.91. The van der Waals surface area contributed by atoms with Crippen molar-refractivity contribution in [1.29, 1.82) is 0 Å². The SMILES string of the molecule is CCN(C)c1ccc(C(=O)Nc2ccc(-c3n[nH]c(C4CC4)n3)cc2)cc1. The average Bonchev–Trinajstić information content (AvgIpc) is 3.45. The number of nitrogens with one attached hydrogen (secondary N) is 2. The van der Waals surface area contributed by atoms with Crippen molar-refractivity contribution >= 4 is 17.3 Å². The summed E-state index contributed by atoms with van der Waals surface area (Å²) < 4.78 is 0. The first-order valence-electron chi connectivity index (χ1n) is 9.29. The molecule has 2 aromatic carbocycles. The van der Waals surface area contributed by atoms with E-state index in [9.17, 15) is 4.79 Å². The van der Waals surface area contributed by atoms with Gasteiger partial charge in [0.15, 0.2) is 5.82 Å². The molecule has 1 aliphatic rings. The van der Waals surface area contributed by atoms with Gasteiger partial charge in [-0.05, 0) is 68.3 Å². The fraction of sp³-hybridized carbons (Fsp3) is 0.286. The van der Waals surface area contributed by atoms with Gasteiger partial charge in [0.2, 0.25) is 0 Å². The Morgan fingerprint density at radius 2 is 1.85 bits per heavy atom. The summed E-state index contributed by atoms with van der Waals surface area (Å²) >= 11 is 0. The fourth-order valence-corrected chi connectivity index (χ4v) is 2.90. The molecular formula is C21H23N5O. The van der Waals surface area contributed by atoms with E-state index < -0.39 is 0 Å². The minimum absolute atomic E-state index is 0.123. The van der Waals surface area contributed by atoms with Crippen LogP contribution in [0.25, 0.3) is 11.4 Å². The number of amides is 1. The van der Waals surface area contributed by atoms with Gasteiger partial charge in [-0.2, -0.15) is 5.10 Å². The van der Waals surface area contributed by atoms with Crippen molar-refractivity contribution < 1.29 is 4.79 Å². The van der Waals surface area contributed by atoms with Crippen molar-refractivity contribution in [3.05, 3.63) is 59.9 Å². The van der Waals surface area contributed by atoms with E-state index in [-0.39, 0.29) is 5.91 Å². The van der Waals surface area contributed by atoms with Crippen LogP contribution in [0.1, 0.15) is 41.9 Å². The molecule has 1 fully saturated rings. The number of anilines is 2. The van der Waals surface area contributed by atoms with Crippen molar-refractivity contribution in [2.24, 2.45) is 0 Å². The lowest BCUT2D eigenvalue weighted by atomic mass is 10.1. The van der Waals surface area contributed by atoms with Gasteiger partial charge in [0.05, 0.1) is 0 Å². The third-order valence-corrected chi connectivity index (χ3v) is 4.91. The van der Waals surface area contributed by atoms with E-state index in [2.05, 4.69) is 32.3 Å². The largest absolute Gasteiger partial charge is 0.375 e. The van der Waals surface area contributed by atoms with Crippen LogP contribution >= 0.6 is 0 Å². The fourth-order valence-electron chi connectivity index (χ4n) is 2.90. The van der Waals surface area contributed by atoms with Crippen molar-refractivity contribution in [3.8, 4) is 11.4 Å². The van der Waals surface area contributed by atoms with Crippen LogP contribution in [0.5, 0.6) is 0 Å². The molecule has 1 amide bonds. The normalized spacial score (nSPS) is 13.4. The molecule has 1 aromatic heterocycles. The van der Waals surface area contributed by atoms with Gasteiger partial charge in [-0.15, -0.1) is 0 Å². The van der Waals surface area contributed by atoms with E-state index in [1.807, 2.05) is 55.6 Å². The number of hydrogen-bond donors (Lipinski definition) is 2. The first-order valence-corrected chi connectivity index (χ1v) is 9.29. The van der Waals surface area contributed by atoms with E-state index >= 15 is 0 Å². The minimum atomic E-state index is -0.123. The summed E-state index contributed by atoms with van der Waals surface area (Å²) in [5.74, 6) is 2.10. The molecule has 138 valence electrons. The molecule has 0 unspecified atom stereocenters. The maximum absolute atomic E-state index is 12.5. The smallest absolute Gasteiger partial charge is 0.255 e. The van der Waals surface area contributed by atoms with Crippen LogP contribution in [0, 0.1) is 0 Å². The van der Waals surface area contributed by atoms with Gasteiger partial charge in [-0.3, -0.25) is 9.89 Å². The number of aromatic nitrogens is 3. The van der Waals surface area contributed by atoms with Gasteiger partial charge < -0.3 is 10.2 Å². The number of carbonyl (C=O) groups is 1. The highest BCUT2D eigenvalue weighted by Gasteiger charge is 2.27. The Balaban J connectivity index is 1.42. The topological polar surface area (TPSA) is 73.9 Å². The lowest BCUT2D eigenvalue weighted by molar-refractivity contribution is 0.102. The van der Waals surface area contributed by atoms with E-state index in [1.165, 1.54) is 12.8 Å². The van der Waals surface area contributed by atoms with E-state index in [0.29, 0.717) is 17.3 Å². The summed E-state index contributed by atoms with van der Waals surface area (Å²) in [5.41, 5.74) is 3.41. The van der Waals surface area contributed by atoms with Crippen LogP contribution in [-0.4, -0.2) is 34.7 Å². The summed E-state index contributed by atoms with van der Waals surface area (Å²) in [7, 11) is 2.03. The Bertz CT molecular complexity index is 926. The summed E-state index contributed by atoms with van der Waals surface area (Å²) in [5, 5.41) is 10.2. The Hall–Kier alpha value is -3.15. The highest BCUT2D eigenvalue weighted by Crippen LogP contribution is 2.38. The average molecular weight is 361 g/mol.